The van der Waals surface area contributed by atoms with Crippen LogP contribution >= 0.6 is 0 Å². The zero-order chi connectivity index (χ0) is 15.0. The Hall–Kier alpha value is -1.59. The molecule has 0 radical (unpaired) electrons. The Labute approximate surface area is 121 Å². The molecule has 5 nitrogen and oxygen atoms in total. The standard InChI is InChI=1S/C15H25N3O2/c1-12(2)18(3)10-9-16-11-15(19)17-13-5-7-14(20-4)8-6-13/h5-8,12,16H,9-11H2,1-4H3,(H,17,19). The highest BCUT2D eigenvalue weighted by molar-refractivity contribution is 5.92. The van der Waals surface area contributed by atoms with Crippen LogP contribution in [0.3, 0.4) is 0 Å². The van der Waals surface area contributed by atoms with Gasteiger partial charge in [0.05, 0.1) is 13.7 Å². The number of amides is 1. The number of nitrogens with zero attached hydrogens (tertiary/aromatic N) is 1. The van der Waals surface area contributed by atoms with Crippen LogP contribution in [-0.2, 0) is 4.79 Å². The maximum Gasteiger partial charge on any atom is 0.238 e. The molecule has 20 heavy (non-hydrogen) atoms. The second-order valence-electron chi connectivity index (χ2n) is 5.03. The molecule has 1 aromatic rings. The topological polar surface area (TPSA) is 53.6 Å². The van der Waals surface area contributed by atoms with Crippen molar-refractivity contribution in [3.8, 4) is 5.75 Å². The summed E-state index contributed by atoms with van der Waals surface area (Å²) < 4.78 is 5.07. The summed E-state index contributed by atoms with van der Waals surface area (Å²) in [6.07, 6.45) is 0. The number of nitrogens with one attached hydrogen (secondary N) is 2. The van der Waals surface area contributed by atoms with Crippen molar-refractivity contribution in [1.82, 2.24) is 10.2 Å². The average Bonchev–Trinajstić information content (AvgIpc) is 2.44. The first-order valence-electron chi connectivity index (χ1n) is 6.87. The zero-order valence-electron chi connectivity index (χ0n) is 12.8. The lowest BCUT2D eigenvalue weighted by molar-refractivity contribution is -0.115. The fourth-order valence-electron chi connectivity index (χ4n) is 1.60. The third kappa shape index (κ3) is 6.04. The summed E-state index contributed by atoms with van der Waals surface area (Å²) in [6, 6.07) is 7.80. The van der Waals surface area contributed by atoms with E-state index in [2.05, 4.69) is 36.4 Å². The second-order valence-corrected chi connectivity index (χ2v) is 5.03. The highest BCUT2D eigenvalue weighted by atomic mass is 16.5. The van der Waals surface area contributed by atoms with E-state index in [1.54, 1.807) is 7.11 Å². The van der Waals surface area contributed by atoms with Crippen LogP contribution in [0.15, 0.2) is 24.3 Å². The van der Waals surface area contributed by atoms with Crippen LogP contribution in [0.1, 0.15) is 13.8 Å². The molecule has 0 aliphatic heterocycles. The van der Waals surface area contributed by atoms with E-state index in [0.717, 1.165) is 24.5 Å². The summed E-state index contributed by atoms with van der Waals surface area (Å²) in [4.78, 5) is 14.0. The van der Waals surface area contributed by atoms with E-state index in [-0.39, 0.29) is 5.91 Å². The number of methoxy groups -OCH3 is 1. The van der Waals surface area contributed by atoms with Crippen molar-refractivity contribution in [2.75, 3.05) is 39.1 Å². The lowest BCUT2D eigenvalue weighted by Gasteiger charge is -2.20. The first-order chi connectivity index (χ1) is 9.52. The molecule has 5 heteroatoms. The van der Waals surface area contributed by atoms with Crippen molar-refractivity contribution in [3.05, 3.63) is 24.3 Å². The fraction of sp³-hybridized carbons (Fsp3) is 0.533. The summed E-state index contributed by atoms with van der Waals surface area (Å²) in [7, 11) is 3.69. The van der Waals surface area contributed by atoms with Gasteiger partial charge in [-0.1, -0.05) is 0 Å². The zero-order valence-corrected chi connectivity index (χ0v) is 12.8. The van der Waals surface area contributed by atoms with E-state index >= 15 is 0 Å². The Morgan fingerprint density at radius 3 is 2.50 bits per heavy atom. The van der Waals surface area contributed by atoms with Crippen LogP contribution in [0, 0.1) is 0 Å². The van der Waals surface area contributed by atoms with E-state index in [1.165, 1.54) is 0 Å². The van der Waals surface area contributed by atoms with Crippen molar-refractivity contribution in [3.63, 3.8) is 0 Å². The van der Waals surface area contributed by atoms with Crippen LogP contribution in [-0.4, -0.2) is 50.6 Å². The molecule has 112 valence electrons. The third-order valence-electron chi connectivity index (χ3n) is 3.18. The minimum Gasteiger partial charge on any atom is -0.497 e. The number of hydrogen-bond acceptors (Lipinski definition) is 4. The maximum atomic E-state index is 11.7. The summed E-state index contributed by atoms with van der Waals surface area (Å²) >= 11 is 0. The lowest BCUT2D eigenvalue weighted by atomic mass is 10.3. The molecular weight excluding hydrogens is 254 g/mol. The molecule has 0 heterocycles. The molecule has 0 spiro atoms. The largest absolute Gasteiger partial charge is 0.497 e. The van der Waals surface area contributed by atoms with Crippen LogP contribution in [0.5, 0.6) is 5.75 Å². The molecule has 1 aromatic carbocycles. The molecule has 0 aromatic heterocycles. The van der Waals surface area contributed by atoms with E-state index in [4.69, 9.17) is 4.74 Å². The van der Waals surface area contributed by atoms with Crippen molar-refractivity contribution in [2.24, 2.45) is 0 Å². The van der Waals surface area contributed by atoms with Crippen molar-refractivity contribution >= 4 is 11.6 Å². The number of likely N-dealkylation sites (N-methyl/N-ethyl adjacent to an activating group) is 1. The second kappa shape index (κ2) is 8.55. The Bertz CT molecular complexity index is 404. The van der Waals surface area contributed by atoms with Gasteiger partial charge in [0, 0.05) is 24.8 Å². The molecule has 0 atom stereocenters. The highest BCUT2D eigenvalue weighted by Crippen LogP contribution is 2.14. The first-order valence-corrected chi connectivity index (χ1v) is 6.87. The highest BCUT2D eigenvalue weighted by Gasteiger charge is 2.04. The Kier molecular flexibility index (Phi) is 7.04. The molecule has 0 saturated carbocycles. The molecule has 1 rings (SSSR count). The minimum atomic E-state index is -0.0395. The Balaban J connectivity index is 2.23. The van der Waals surface area contributed by atoms with Crippen molar-refractivity contribution in [1.29, 1.82) is 0 Å². The summed E-state index contributed by atoms with van der Waals surface area (Å²) in [5.74, 6) is 0.736. The van der Waals surface area contributed by atoms with Gasteiger partial charge in [-0.2, -0.15) is 0 Å². The van der Waals surface area contributed by atoms with E-state index in [1.807, 2.05) is 24.3 Å². The smallest absolute Gasteiger partial charge is 0.238 e. The van der Waals surface area contributed by atoms with E-state index in [9.17, 15) is 4.79 Å². The molecule has 0 bridgehead atoms. The summed E-state index contributed by atoms with van der Waals surface area (Å²) in [5, 5.41) is 5.97. The van der Waals surface area contributed by atoms with Gasteiger partial charge in [-0.05, 0) is 45.2 Å². The van der Waals surface area contributed by atoms with Crippen LogP contribution in [0.2, 0.25) is 0 Å². The molecule has 0 aliphatic carbocycles. The average molecular weight is 279 g/mol. The number of benzene rings is 1. The number of anilines is 1. The first kappa shape index (κ1) is 16.5. The number of ether oxygens (including phenoxy) is 1. The van der Waals surface area contributed by atoms with Gasteiger partial charge in [0.2, 0.25) is 5.91 Å². The van der Waals surface area contributed by atoms with E-state index in [0.29, 0.717) is 12.6 Å². The predicted molar refractivity (Wildman–Crippen MR) is 82.3 cm³/mol. The quantitative estimate of drug-likeness (QED) is 0.709. The molecular formula is C15H25N3O2. The van der Waals surface area contributed by atoms with Gasteiger partial charge < -0.3 is 20.3 Å². The van der Waals surface area contributed by atoms with Crippen molar-refractivity contribution in [2.45, 2.75) is 19.9 Å². The van der Waals surface area contributed by atoms with Gasteiger partial charge in [0.1, 0.15) is 5.75 Å². The van der Waals surface area contributed by atoms with Gasteiger partial charge in [0.15, 0.2) is 0 Å². The minimum absolute atomic E-state index is 0.0395. The van der Waals surface area contributed by atoms with Crippen LogP contribution in [0.25, 0.3) is 0 Å². The molecule has 0 fully saturated rings. The van der Waals surface area contributed by atoms with Gasteiger partial charge in [0.25, 0.3) is 0 Å². The maximum absolute atomic E-state index is 11.7. The SMILES string of the molecule is COc1ccc(NC(=O)CNCCN(C)C(C)C)cc1. The normalized spacial score (nSPS) is 10.9. The Morgan fingerprint density at radius 2 is 1.95 bits per heavy atom. The van der Waals surface area contributed by atoms with Crippen LogP contribution < -0.4 is 15.4 Å². The number of rotatable bonds is 8. The van der Waals surface area contributed by atoms with Gasteiger partial charge in [-0.15, -0.1) is 0 Å². The van der Waals surface area contributed by atoms with Crippen molar-refractivity contribution < 1.29 is 9.53 Å². The molecule has 2 N–H and O–H groups in total. The molecule has 0 aliphatic rings. The summed E-state index contributed by atoms with van der Waals surface area (Å²) in [6.45, 7) is 6.34. The van der Waals surface area contributed by atoms with Gasteiger partial charge >= 0.3 is 0 Å². The molecule has 1 amide bonds. The Morgan fingerprint density at radius 1 is 1.30 bits per heavy atom. The molecule has 0 saturated heterocycles. The monoisotopic (exact) mass is 279 g/mol. The molecule has 0 unspecified atom stereocenters. The van der Waals surface area contributed by atoms with Gasteiger partial charge in [-0.3, -0.25) is 4.79 Å². The van der Waals surface area contributed by atoms with E-state index < -0.39 is 0 Å². The number of carbonyl (C=O) groups excluding carboxylic acids is 1. The lowest BCUT2D eigenvalue weighted by Crippen LogP contribution is -2.36. The van der Waals surface area contributed by atoms with Crippen LogP contribution in [0.4, 0.5) is 5.69 Å². The fourth-order valence-corrected chi connectivity index (χ4v) is 1.60. The third-order valence-corrected chi connectivity index (χ3v) is 3.18. The van der Waals surface area contributed by atoms with Gasteiger partial charge in [-0.25, -0.2) is 0 Å². The predicted octanol–water partition coefficient (Wildman–Crippen LogP) is 1.56. The number of carbonyl (C=O) groups is 1. The number of hydrogen-bond donors (Lipinski definition) is 2. The summed E-state index contributed by atoms with van der Waals surface area (Å²) in [5.41, 5.74) is 0.775.